The minimum Gasteiger partial charge on any atom is -0.364 e. The van der Waals surface area contributed by atoms with Gasteiger partial charge in [0.05, 0.1) is 10.9 Å². The Bertz CT molecular complexity index is 947. The second-order valence-electron chi connectivity index (χ2n) is 9.20. The summed E-state index contributed by atoms with van der Waals surface area (Å²) in [5.41, 5.74) is 5.39. The number of primary amides is 1. The van der Waals surface area contributed by atoms with Gasteiger partial charge in [-0.05, 0) is 42.6 Å². The van der Waals surface area contributed by atoms with Crippen LogP contribution in [0.15, 0.2) is 29.3 Å². The van der Waals surface area contributed by atoms with Gasteiger partial charge in [-0.2, -0.15) is 0 Å². The minimum absolute atomic E-state index is 0.00403. The molecule has 0 radical (unpaired) electrons. The lowest BCUT2D eigenvalue weighted by molar-refractivity contribution is -0.00241. The lowest BCUT2D eigenvalue weighted by Crippen LogP contribution is -2.18. The Labute approximate surface area is 174 Å². The normalized spacial score (nSPS) is 28.0. The van der Waals surface area contributed by atoms with Crippen molar-refractivity contribution >= 4 is 16.8 Å². The van der Waals surface area contributed by atoms with Crippen molar-refractivity contribution in [3.8, 4) is 0 Å². The third-order valence-corrected chi connectivity index (χ3v) is 7.22. The second-order valence-corrected chi connectivity index (χ2v) is 9.20. The molecule has 30 heavy (non-hydrogen) atoms. The van der Waals surface area contributed by atoms with Gasteiger partial charge in [0.1, 0.15) is 5.69 Å². The molecule has 5 rings (SSSR count). The summed E-state index contributed by atoms with van der Waals surface area (Å²) in [6.45, 7) is 0. The molecule has 3 fully saturated rings. The number of amides is 1. The van der Waals surface area contributed by atoms with E-state index in [0.717, 1.165) is 24.7 Å². The van der Waals surface area contributed by atoms with E-state index in [4.69, 9.17) is 5.73 Å². The van der Waals surface area contributed by atoms with Crippen LogP contribution in [0.25, 0.3) is 10.9 Å². The molecule has 0 saturated heterocycles. The summed E-state index contributed by atoms with van der Waals surface area (Å²) in [7, 11) is 0. The van der Waals surface area contributed by atoms with Gasteiger partial charge in [-0.3, -0.25) is 14.6 Å². The number of carbonyl (C=O) groups is 1. The third-order valence-electron chi connectivity index (χ3n) is 7.22. The predicted molar refractivity (Wildman–Crippen MR) is 111 cm³/mol. The fourth-order valence-corrected chi connectivity index (χ4v) is 5.91. The molecule has 2 heterocycles. The second kappa shape index (κ2) is 8.44. The molecule has 0 aromatic carbocycles. The van der Waals surface area contributed by atoms with Gasteiger partial charge in [-0.1, -0.05) is 32.1 Å². The Morgan fingerprint density at radius 3 is 2.33 bits per heavy atom. The Balaban J connectivity index is 0.000000147. The number of pyridine rings is 2. The van der Waals surface area contributed by atoms with Crippen molar-refractivity contribution < 1.29 is 13.6 Å². The largest absolute Gasteiger partial charge is 0.364 e. The van der Waals surface area contributed by atoms with Gasteiger partial charge in [0.25, 0.3) is 5.91 Å². The average Bonchev–Trinajstić information content (AvgIpc) is 3.22. The van der Waals surface area contributed by atoms with Crippen LogP contribution in [0.3, 0.4) is 0 Å². The average molecular weight is 418 g/mol. The standard InChI is InChI=1S/C14H22F2.C9H7N3O2/c15-14(16)8-12-6-11(7-13(12)9-14)10-4-2-1-3-5-10;10-9(14)8-7-5(1-3-12-8)11-4-2-6(7)13/h10-13H,1-9H2;1-4H,(H2,10,14)(H,11,13)/t11?,12-,13+;. The lowest BCUT2D eigenvalue weighted by atomic mass is 9.78. The van der Waals surface area contributed by atoms with Crippen LogP contribution in [0.1, 0.15) is 68.3 Å². The van der Waals surface area contributed by atoms with Crippen LogP contribution in [0.4, 0.5) is 8.78 Å². The summed E-state index contributed by atoms with van der Waals surface area (Å²) in [6, 6.07) is 2.94. The Morgan fingerprint density at radius 2 is 1.70 bits per heavy atom. The maximum absolute atomic E-state index is 13.2. The molecule has 0 spiro atoms. The van der Waals surface area contributed by atoms with E-state index < -0.39 is 11.8 Å². The van der Waals surface area contributed by atoms with E-state index in [1.165, 1.54) is 50.6 Å². The van der Waals surface area contributed by atoms with Gasteiger partial charge in [0.2, 0.25) is 5.92 Å². The molecule has 3 N–H and O–H groups in total. The highest BCUT2D eigenvalue weighted by Crippen LogP contribution is 2.55. The van der Waals surface area contributed by atoms with Crippen LogP contribution < -0.4 is 11.2 Å². The first-order chi connectivity index (χ1) is 14.3. The van der Waals surface area contributed by atoms with Gasteiger partial charge < -0.3 is 10.7 Å². The summed E-state index contributed by atoms with van der Waals surface area (Å²) >= 11 is 0. The number of halogens is 2. The summed E-state index contributed by atoms with van der Waals surface area (Å²) in [5, 5.41) is 0.238. The summed E-state index contributed by atoms with van der Waals surface area (Å²) in [4.78, 5) is 29.0. The highest BCUT2D eigenvalue weighted by molar-refractivity contribution is 6.03. The van der Waals surface area contributed by atoms with E-state index >= 15 is 0 Å². The Morgan fingerprint density at radius 1 is 1.03 bits per heavy atom. The molecule has 5 nitrogen and oxygen atoms in total. The Kier molecular flexibility index (Phi) is 5.89. The van der Waals surface area contributed by atoms with Crippen LogP contribution in [0.5, 0.6) is 0 Å². The topological polar surface area (TPSA) is 88.8 Å². The molecule has 3 aliphatic rings. The number of rotatable bonds is 2. The van der Waals surface area contributed by atoms with Crippen molar-refractivity contribution in [1.29, 1.82) is 0 Å². The zero-order chi connectivity index (χ0) is 21.3. The molecule has 0 aliphatic heterocycles. The molecule has 1 unspecified atom stereocenters. The van der Waals surface area contributed by atoms with Crippen molar-refractivity contribution in [3.05, 3.63) is 40.4 Å². The van der Waals surface area contributed by atoms with E-state index in [-0.39, 0.29) is 29.4 Å². The number of nitrogens with one attached hydrogen (secondary N) is 1. The number of aromatic nitrogens is 2. The number of H-pyrrole nitrogens is 1. The number of aromatic amines is 1. The van der Waals surface area contributed by atoms with Crippen molar-refractivity contribution in [2.45, 2.75) is 63.7 Å². The van der Waals surface area contributed by atoms with Crippen LogP contribution in [-0.2, 0) is 0 Å². The number of hydrogen-bond donors (Lipinski definition) is 2. The van der Waals surface area contributed by atoms with Gasteiger partial charge in [0.15, 0.2) is 5.43 Å². The zero-order valence-corrected chi connectivity index (χ0v) is 17.1. The summed E-state index contributed by atoms with van der Waals surface area (Å²) in [5.74, 6) is -0.622. The first kappa shape index (κ1) is 20.9. The van der Waals surface area contributed by atoms with Crippen LogP contribution in [0, 0.1) is 23.7 Å². The van der Waals surface area contributed by atoms with Crippen LogP contribution in [0.2, 0.25) is 0 Å². The van der Waals surface area contributed by atoms with Crippen LogP contribution >= 0.6 is 0 Å². The monoisotopic (exact) mass is 417 g/mol. The molecular formula is C23H29F2N3O2. The number of hydrogen-bond acceptors (Lipinski definition) is 3. The minimum atomic E-state index is -2.33. The molecule has 2 aromatic rings. The smallest absolute Gasteiger partial charge is 0.268 e. The number of nitrogens with two attached hydrogens (primary N) is 1. The number of carbonyl (C=O) groups excluding carboxylic acids is 1. The fourth-order valence-electron chi connectivity index (χ4n) is 5.91. The highest BCUT2D eigenvalue weighted by Gasteiger charge is 2.51. The van der Waals surface area contributed by atoms with Gasteiger partial charge in [-0.15, -0.1) is 0 Å². The highest BCUT2D eigenvalue weighted by atomic mass is 19.3. The van der Waals surface area contributed by atoms with Gasteiger partial charge in [0, 0.05) is 31.3 Å². The molecule has 0 bridgehead atoms. The third kappa shape index (κ3) is 4.40. The molecule has 3 saturated carbocycles. The predicted octanol–water partition coefficient (Wildman–Crippen LogP) is 4.66. The Hall–Kier alpha value is -2.31. The fraction of sp³-hybridized carbons (Fsp3) is 0.609. The van der Waals surface area contributed by atoms with E-state index in [1.54, 1.807) is 6.07 Å². The number of alkyl halides is 2. The SMILES string of the molecule is FC1(F)C[C@H]2CC(C3CCCCC3)C[C@H]2C1.NC(=O)c1nccc2[nH]ccc(=O)c12. The van der Waals surface area contributed by atoms with Crippen molar-refractivity contribution in [2.75, 3.05) is 0 Å². The first-order valence-corrected chi connectivity index (χ1v) is 11.0. The molecule has 162 valence electrons. The van der Waals surface area contributed by atoms with Crippen molar-refractivity contribution in [1.82, 2.24) is 9.97 Å². The summed E-state index contributed by atoms with van der Waals surface area (Å²) < 4.78 is 26.5. The molecule has 7 heteroatoms. The quantitative estimate of drug-likeness (QED) is 0.745. The molecule has 3 atom stereocenters. The maximum atomic E-state index is 13.2. The molecular weight excluding hydrogens is 388 g/mol. The van der Waals surface area contributed by atoms with Crippen LogP contribution in [-0.4, -0.2) is 21.8 Å². The molecule has 2 aromatic heterocycles. The van der Waals surface area contributed by atoms with E-state index in [0.29, 0.717) is 17.4 Å². The zero-order valence-electron chi connectivity index (χ0n) is 17.1. The molecule has 1 amide bonds. The van der Waals surface area contributed by atoms with Crippen molar-refractivity contribution in [2.24, 2.45) is 29.4 Å². The number of fused-ring (bicyclic) bond motifs is 2. The maximum Gasteiger partial charge on any atom is 0.268 e. The summed E-state index contributed by atoms with van der Waals surface area (Å²) in [6.07, 6.45) is 12.5. The van der Waals surface area contributed by atoms with E-state index in [1.807, 2.05) is 0 Å². The first-order valence-electron chi connectivity index (χ1n) is 11.0. The van der Waals surface area contributed by atoms with Gasteiger partial charge in [-0.25, -0.2) is 8.78 Å². The molecule has 3 aliphatic carbocycles. The van der Waals surface area contributed by atoms with E-state index in [9.17, 15) is 18.4 Å². The van der Waals surface area contributed by atoms with Crippen molar-refractivity contribution in [3.63, 3.8) is 0 Å². The van der Waals surface area contributed by atoms with Gasteiger partial charge >= 0.3 is 0 Å². The number of nitrogens with zero attached hydrogens (tertiary/aromatic N) is 1. The van der Waals surface area contributed by atoms with E-state index in [2.05, 4.69) is 9.97 Å². The lowest BCUT2D eigenvalue weighted by Gasteiger charge is -2.28.